The summed E-state index contributed by atoms with van der Waals surface area (Å²) in [4.78, 5) is 63.4. The van der Waals surface area contributed by atoms with Gasteiger partial charge in [0, 0.05) is 0 Å². The van der Waals surface area contributed by atoms with Gasteiger partial charge in [0.2, 0.25) is 0 Å². The highest BCUT2D eigenvalue weighted by atomic mass is 16.6. The quantitative estimate of drug-likeness (QED) is 0.320. The fourth-order valence-electron chi connectivity index (χ4n) is 4.17. The van der Waals surface area contributed by atoms with Crippen LogP contribution >= 0.6 is 0 Å². The summed E-state index contributed by atoms with van der Waals surface area (Å²) in [5, 5.41) is 20.1. The summed E-state index contributed by atoms with van der Waals surface area (Å²) in [5.74, 6) is -2.51. The van der Waals surface area contributed by atoms with E-state index < -0.39 is 71.8 Å². The molecule has 0 spiro atoms. The maximum atomic E-state index is 12.8. The van der Waals surface area contributed by atoms with E-state index in [1.54, 1.807) is 20.8 Å². The van der Waals surface area contributed by atoms with Crippen LogP contribution in [0.25, 0.3) is 0 Å². The van der Waals surface area contributed by atoms with E-state index in [2.05, 4.69) is 6.58 Å². The van der Waals surface area contributed by atoms with E-state index in [1.165, 1.54) is 13.0 Å². The molecule has 1 saturated carbocycles. The highest BCUT2D eigenvalue weighted by molar-refractivity contribution is 5.82. The van der Waals surface area contributed by atoms with Gasteiger partial charge >= 0.3 is 29.0 Å². The Morgan fingerprint density at radius 2 is 1.47 bits per heavy atom. The lowest BCUT2D eigenvalue weighted by Crippen LogP contribution is -2.56. The lowest BCUT2D eigenvalue weighted by molar-refractivity contribution is -0.171. The maximum absolute atomic E-state index is 12.8. The van der Waals surface area contributed by atoms with Crippen LogP contribution in [0.5, 0.6) is 0 Å². The molecule has 2 N–H and O–H groups in total. The normalized spacial score (nSPS) is 19.8. The van der Waals surface area contributed by atoms with E-state index >= 15 is 0 Å². The number of aromatic nitrogens is 3. The van der Waals surface area contributed by atoms with Crippen LogP contribution in [0.1, 0.15) is 53.4 Å². The van der Waals surface area contributed by atoms with Crippen molar-refractivity contribution in [2.75, 3.05) is 6.61 Å². The molecule has 36 heavy (non-hydrogen) atoms. The minimum atomic E-state index is -1.45. The Bertz CT molecular complexity index is 1120. The summed E-state index contributed by atoms with van der Waals surface area (Å²) in [6.07, 6.45) is 1.25. The van der Waals surface area contributed by atoms with Gasteiger partial charge < -0.3 is 19.7 Å². The smallest absolute Gasteiger partial charge is 0.336 e. The molecule has 202 valence electrons. The van der Waals surface area contributed by atoms with E-state index in [0.717, 1.165) is 17.4 Å². The lowest BCUT2D eigenvalue weighted by atomic mass is 9.79. The maximum Gasteiger partial charge on any atom is 0.336 e. The lowest BCUT2D eigenvalue weighted by Gasteiger charge is -2.31. The van der Waals surface area contributed by atoms with Crippen molar-refractivity contribution in [1.29, 1.82) is 0 Å². The summed E-state index contributed by atoms with van der Waals surface area (Å²) in [6, 6.07) is 0. The van der Waals surface area contributed by atoms with Crippen molar-refractivity contribution in [2.24, 2.45) is 11.8 Å². The van der Waals surface area contributed by atoms with Gasteiger partial charge in [-0.05, 0) is 40.5 Å². The first kappa shape index (κ1) is 29.2. The third kappa shape index (κ3) is 7.50. The van der Waals surface area contributed by atoms with Gasteiger partial charge in [-0.1, -0.05) is 18.9 Å². The zero-order valence-electron chi connectivity index (χ0n) is 21.3. The van der Waals surface area contributed by atoms with Crippen molar-refractivity contribution < 1.29 is 29.3 Å². The molecule has 0 radical (unpaired) electrons. The Kier molecular flexibility index (Phi) is 10.00. The van der Waals surface area contributed by atoms with Crippen molar-refractivity contribution in [2.45, 2.75) is 90.8 Å². The molecule has 1 fully saturated rings. The van der Waals surface area contributed by atoms with Gasteiger partial charge in [0.25, 0.3) is 0 Å². The molecule has 12 nitrogen and oxygen atoms in total. The molecule has 0 amide bonds. The Labute approximate surface area is 208 Å². The first-order valence-electron chi connectivity index (χ1n) is 12.1. The molecular formula is C24H37N3O9. The topological polar surface area (TPSA) is 159 Å². The van der Waals surface area contributed by atoms with Crippen molar-refractivity contribution in [3.05, 3.63) is 44.1 Å². The molecule has 0 bridgehead atoms. The molecule has 1 aromatic rings. The van der Waals surface area contributed by atoms with E-state index in [4.69, 9.17) is 9.47 Å². The van der Waals surface area contributed by atoms with Crippen molar-refractivity contribution in [3.63, 3.8) is 0 Å². The van der Waals surface area contributed by atoms with Crippen LogP contribution in [0.2, 0.25) is 0 Å². The predicted molar refractivity (Wildman–Crippen MR) is 129 cm³/mol. The molecule has 4 unspecified atom stereocenters. The summed E-state index contributed by atoms with van der Waals surface area (Å²) >= 11 is 0. The number of nitrogens with zero attached hydrogens (tertiary/aromatic N) is 3. The van der Waals surface area contributed by atoms with Gasteiger partial charge in [-0.2, -0.15) is 0 Å². The average molecular weight is 512 g/mol. The minimum absolute atomic E-state index is 0.184. The third-order valence-electron chi connectivity index (χ3n) is 5.73. The number of rotatable bonds is 10. The number of aliphatic hydroxyl groups excluding tert-OH is 2. The largest absolute Gasteiger partial charge is 0.463 e. The first-order chi connectivity index (χ1) is 16.8. The number of esters is 2. The van der Waals surface area contributed by atoms with Crippen LogP contribution in [0.4, 0.5) is 0 Å². The molecule has 1 aliphatic rings. The first-order valence-corrected chi connectivity index (χ1v) is 12.1. The Morgan fingerprint density at radius 3 is 1.97 bits per heavy atom. The SMILES string of the molecule is C=CCn1c(=O)n(CC(C)O)c(=O)n(CC(O)COC(=O)C2CCCCC2C(=O)OC(C)(C)C)c1=O. The van der Waals surface area contributed by atoms with Crippen molar-refractivity contribution in [3.8, 4) is 0 Å². The highest BCUT2D eigenvalue weighted by Crippen LogP contribution is 2.33. The van der Waals surface area contributed by atoms with E-state index in [1.807, 2.05) is 0 Å². The Balaban J connectivity index is 2.17. The number of aliphatic hydroxyl groups is 2. The van der Waals surface area contributed by atoms with Crippen molar-refractivity contribution >= 4 is 11.9 Å². The zero-order chi connectivity index (χ0) is 27.2. The molecule has 1 aromatic heterocycles. The number of hydrogen-bond donors (Lipinski definition) is 2. The number of carbonyl (C=O) groups is 2. The molecular weight excluding hydrogens is 474 g/mol. The number of allylic oxidation sites excluding steroid dienone is 1. The van der Waals surface area contributed by atoms with Crippen LogP contribution < -0.4 is 17.1 Å². The zero-order valence-corrected chi connectivity index (χ0v) is 21.3. The summed E-state index contributed by atoms with van der Waals surface area (Å²) in [7, 11) is 0. The van der Waals surface area contributed by atoms with Gasteiger partial charge in [-0.15, -0.1) is 6.58 Å². The summed E-state index contributed by atoms with van der Waals surface area (Å²) in [6.45, 7) is 8.48. The number of ether oxygens (including phenoxy) is 2. The molecule has 0 aromatic carbocycles. The number of hydrogen-bond acceptors (Lipinski definition) is 9. The van der Waals surface area contributed by atoms with Crippen LogP contribution in [0, 0.1) is 11.8 Å². The Morgan fingerprint density at radius 1 is 0.972 bits per heavy atom. The molecule has 2 rings (SSSR count). The van der Waals surface area contributed by atoms with Gasteiger partial charge in [-0.25, -0.2) is 28.1 Å². The third-order valence-corrected chi connectivity index (χ3v) is 5.73. The molecule has 0 aliphatic heterocycles. The monoisotopic (exact) mass is 511 g/mol. The van der Waals surface area contributed by atoms with Gasteiger partial charge in [-0.3, -0.25) is 9.59 Å². The molecule has 1 aliphatic carbocycles. The fourth-order valence-corrected chi connectivity index (χ4v) is 4.17. The van der Waals surface area contributed by atoms with Crippen molar-refractivity contribution in [1.82, 2.24) is 13.7 Å². The van der Waals surface area contributed by atoms with Crippen LogP contribution in [0.3, 0.4) is 0 Å². The van der Waals surface area contributed by atoms with E-state index in [9.17, 15) is 34.2 Å². The van der Waals surface area contributed by atoms with E-state index in [0.29, 0.717) is 22.0 Å². The van der Waals surface area contributed by atoms with E-state index in [-0.39, 0.29) is 13.1 Å². The summed E-state index contributed by atoms with van der Waals surface area (Å²) < 4.78 is 12.8. The van der Waals surface area contributed by atoms with Gasteiger partial charge in [0.1, 0.15) is 18.3 Å². The highest BCUT2D eigenvalue weighted by Gasteiger charge is 2.39. The molecule has 4 atom stereocenters. The fraction of sp³-hybridized carbons (Fsp3) is 0.708. The molecule has 12 heteroatoms. The predicted octanol–water partition coefficient (Wildman–Crippen LogP) is -0.209. The summed E-state index contributed by atoms with van der Waals surface area (Å²) in [5.41, 5.74) is -3.58. The van der Waals surface area contributed by atoms with Crippen LogP contribution in [-0.2, 0) is 38.7 Å². The number of carbonyl (C=O) groups excluding carboxylic acids is 2. The second-order valence-electron chi connectivity index (χ2n) is 10.1. The van der Waals surface area contributed by atoms with Crippen LogP contribution in [-0.4, -0.2) is 60.3 Å². The Hall–Kier alpha value is -2.99. The van der Waals surface area contributed by atoms with Gasteiger partial charge in [0.05, 0.1) is 37.6 Å². The minimum Gasteiger partial charge on any atom is -0.463 e. The standard InChI is InChI=1S/C24H37N3O9/c1-6-11-25-21(32)26(12-15(2)28)23(34)27(22(25)33)13-16(29)14-35-19(30)17-9-7-8-10-18(17)20(31)36-24(3,4)5/h6,15-18,28-29H,1,7-14H2,2-5H3. The van der Waals surface area contributed by atoms with Gasteiger partial charge in [0.15, 0.2) is 0 Å². The second-order valence-corrected chi connectivity index (χ2v) is 10.1. The van der Waals surface area contributed by atoms with Crippen LogP contribution in [0.15, 0.2) is 27.0 Å². The second kappa shape index (κ2) is 12.3. The molecule has 0 saturated heterocycles. The average Bonchev–Trinajstić information content (AvgIpc) is 2.79. The molecule has 1 heterocycles.